The Labute approximate surface area is 167 Å². The molecule has 0 unspecified atom stereocenters. The fraction of sp³-hybridized carbons (Fsp3) is 0.0435. The number of hydrogen-bond donors (Lipinski definition) is 1. The second-order valence-corrected chi connectivity index (χ2v) is 7.22. The fourth-order valence-electron chi connectivity index (χ4n) is 3.33. The van der Waals surface area contributed by atoms with E-state index in [1.54, 1.807) is 0 Å². The average molecular weight is 385 g/mol. The molecule has 0 saturated carbocycles. The molecule has 3 aromatic carbocycles. The molecule has 0 aliphatic rings. The zero-order chi connectivity index (χ0) is 19.1. The summed E-state index contributed by atoms with van der Waals surface area (Å²) < 4.78 is 1.89. The van der Waals surface area contributed by atoms with Gasteiger partial charge in [0, 0.05) is 16.8 Å². The van der Waals surface area contributed by atoms with Gasteiger partial charge in [-0.1, -0.05) is 48.0 Å². The number of rotatable bonds is 3. The van der Waals surface area contributed by atoms with Crippen LogP contribution in [0.15, 0.2) is 79.0 Å². The molecule has 1 N–H and O–H groups in total. The molecule has 0 aliphatic heterocycles. The highest BCUT2D eigenvalue weighted by Gasteiger charge is 2.17. The van der Waals surface area contributed by atoms with Gasteiger partial charge in [-0.15, -0.1) is 0 Å². The second-order valence-electron chi connectivity index (χ2n) is 6.78. The van der Waals surface area contributed by atoms with Crippen molar-refractivity contribution in [1.82, 2.24) is 19.7 Å². The average Bonchev–Trinajstić information content (AvgIpc) is 3.33. The van der Waals surface area contributed by atoms with E-state index in [0.717, 1.165) is 39.4 Å². The minimum atomic E-state index is 0.701. The van der Waals surface area contributed by atoms with E-state index in [9.17, 15) is 0 Å². The predicted molar refractivity (Wildman–Crippen MR) is 114 cm³/mol. The first-order valence-electron chi connectivity index (χ1n) is 9.05. The van der Waals surface area contributed by atoms with Crippen LogP contribution in [0.2, 0.25) is 5.02 Å². The first-order valence-corrected chi connectivity index (χ1v) is 9.43. The minimum Gasteiger partial charge on any atom is -0.338 e. The van der Waals surface area contributed by atoms with E-state index in [2.05, 4.69) is 24.0 Å². The molecule has 0 atom stereocenters. The highest BCUT2D eigenvalue weighted by atomic mass is 35.5. The summed E-state index contributed by atoms with van der Waals surface area (Å²) in [5.74, 6) is 0.799. The summed E-state index contributed by atoms with van der Waals surface area (Å²) in [5.41, 5.74) is 6.94. The molecule has 0 aliphatic carbocycles. The Kier molecular flexibility index (Phi) is 3.99. The number of nitrogens with one attached hydrogen (secondary N) is 1. The maximum atomic E-state index is 6.08. The number of para-hydroxylation sites is 1. The topological polar surface area (TPSA) is 46.5 Å². The van der Waals surface area contributed by atoms with Gasteiger partial charge in [-0.05, 0) is 48.9 Å². The molecule has 5 aromatic rings. The third kappa shape index (κ3) is 2.98. The van der Waals surface area contributed by atoms with Gasteiger partial charge in [-0.2, -0.15) is 5.10 Å². The molecule has 0 radical (unpaired) electrons. The molecule has 0 saturated heterocycles. The Morgan fingerprint density at radius 3 is 2.50 bits per heavy atom. The number of fused-ring (bicyclic) bond motifs is 1. The summed E-state index contributed by atoms with van der Waals surface area (Å²) in [5, 5.41) is 5.56. The number of nitrogens with zero attached hydrogens (tertiary/aromatic N) is 3. The van der Waals surface area contributed by atoms with Crippen molar-refractivity contribution in [3.8, 4) is 28.3 Å². The fourth-order valence-corrected chi connectivity index (χ4v) is 3.46. The number of halogens is 1. The Bertz CT molecular complexity index is 1270. The number of imidazole rings is 1. The van der Waals surface area contributed by atoms with E-state index in [4.69, 9.17) is 21.7 Å². The molecule has 4 nitrogen and oxygen atoms in total. The van der Waals surface area contributed by atoms with Crippen molar-refractivity contribution in [2.75, 3.05) is 0 Å². The summed E-state index contributed by atoms with van der Waals surface area (Å²) in [4.78, 5) is 8.25. The predicted octanol–water partition coefficient (Wildman–Crippen LogP) is 6.04. The number of benzene rings is 3. The minimum absolute atomic E-state index is 0.701. The van der Waals surface area contributed by atoms with Crippen molar-refractivity contribution in [2.24, 2.45) is 0 Å². The maximum absolute atomic E-state index is 6.08. The quantitative estimate of drug-likeness (QED) is 0.412. The van der Waals surface area contributed by atoms with Crippen LogP contribution in [0.1, 0.15) is 5.56 Å². The first kappa shape index (κ1) is 16.8. The zero-order valence-electron chi connectivity index (χ0n) is 15.2. The maximum Gasteiger partial charge on any atom is 0.142 e. The molecular formula is C23H17ClN4. The molecule has 0 spiro atoms. The van der Waals surface area contributed by atoms with Gasteiger partial charge in [0.2, 0.25) is 0 Å². The lowest BCUT2D eigenvalue weighted by Crippen LogP contribution is -1.93. The van der Waals surface area contributed by atoms with Gasteiger partial charge in [0.25, 0.3) is 0 Å². The summed E-state index contributed by atoms with van der Waals surface area (Å²) >= 11 is 6.08. The van der Waals surface area contributed by atoms with Gasteiger partial charge in [0.15, 0.2) is 0 Å². The smallest absolute Gasteiger partial charge is 0.142 e. The molecule has 2 aromatic heterocycles. The summed E-state index contributed by atoms with van der Waals surface area (Å²) in [6.45, 7) is 2.08. The Morgan fingerprint density at radius 1 is 0.929 bits per heavy atom. The van der Waals surface area contributed by atoms with E-state index in [1.165, 1.54) is 5.56 Å². The summed E-state index contributed by atoms with van der Waals surface area (Å²) in [6, 6.07) is 24.0. The molecule has 2 heterocycles. The molecule has 5 rings (SSSR count). The number of H-pyrrole nitrogens is 1. The largest absolute Gasteiger partial charge is 0.338 e. The number of hydrogen-bond acceptors (Lipinski definition) is 2. The SMILES string of the molecule is Cc1ccc2nc(-c3cn(-c4ccccc4)nc3-c3ccc(Cl)cc3)[nH]c2c1. The normalized spacial score (nSPS) is 11.2. The van der Waals surface area contributed by atoms with E-state index < -0.39 is 0 Å². The van der Waals surface area contributed by atoms with Crippen LogP contribution in [0.3, 0.4) is 0 Å². The van der Waals surface area contributed by atoms with Crippen molar-refractivity contribution in [3.05, 3.63) is 89.6 Å². The third-order valence-electron chi connectivity index (χ3n) is 4.75. The van der Waals surface area contributed by atoms with Crippen molar-refractivity contribution < 1.29 is 0 Å². The lowest BCUT2D eigenvalue weighted by atomic mass is 10.1. The highest BCUT2D eigenvalue weighted by molar-refractivity contribution is 6.30. The molecule has 136 valence electrons. The molecule has 0 amide bonds. The van der Waals surface area contributed by atoms with E-state index >= 15 is 0 Å². The van der Waals surface area contributed by atoms with Crippen LogP contribution in [-0.4, -0.2) is 19.7 Å². The summed E-state index contributed by atoms with van der Waals surface area (Å²) in [7, 11) is 0. The van der Waals surface area contributed by atoms with Crippen LogP contribution in [0.25, 0.3) is 39.4 Å². The van der Waals surface area contributed by atoms with Crippen LogP contribution < -0.4 is 0 Å². The molecule has 28 heavy (non-hydrogen) atoms. The van der Waals surface area contributed by atoms with Gasteiger partial charge in [-0.3, -0.25) is 0 Å². The van der Waals surface area contributed by atoms with Gasteiger partial charge >= 0.3 is 0 Å². The van der Waals surface area contributed by atoms with Crippen LogP contribution in [0.4, 0.5) is 0 Å². The van der Waals surface area contributed by atoms with E-state index in [-0.39, 0.29) is 0 Å². The lowest BCUT2D eigenvalue weighted by Gasteiger charge is -2.01. The molecular weight excluding hydrogens is 368 g/mol. The molecule has 5 heteroatoms. The number of aromatic amines is 1. The Hall–Kier alpha value is -3.37. The van der Waals surface area contributed by atoms with Crippen molar-refractivity contribution >= 4 is 22.6 Å². The molecule has 0 fully saturated rings. The van der Waals surface area contributed by atoms with Crippen LogP contribution in [0.5, 0.6) is 0 Å². The number of aryl methyl sites for hydroxylation is 1. The summed E-state index contributed by atoms with van der Waals surface area (Å²) in [6.07, 6.45) is 2.02. The lowest BCUT2D eigenvalue weighted by molar-refractivity contribution is 0.884. The standard InChI is InChI=1S/C23H17ClN4/c1-15-7-12-20-21(13-15)26-23(25-20)19-14-28(18-5-3-2-4-6-18)27-22(19)16-8-10-17(24)11-9-16/h2-14H,1H3,(H,25,26). The first-order chi connectivity index (χ1) is 13.7. The van der Waals surface area contributed by atoms with Crippen LogP contribution >= 0.6 is 11.6 Å². The Balaban J connectivity index is 1.72. The van der Waals surface area contributed by atoms with E-state index in [0.29, 0.717) is 5.02 Å². The van der Waals surface area contributed by atoms with Gasteiger partial charge < -0.3 is 4.98 Å². The van der Waals surface area contributed by atoms with Gasteiger partial charge in [-0.25, -0.2) is 9.67 Å². The highest BCUT2D eigenvalue weighted by Crippen LogP contribution is 2.32. The molecule has 0 bridgehead atoms. The van der Waals surface area contributed by atoms with Crippen molar-refractivity contribution in [3.63, 3.8) is 0 Å². The second kappa shape index (κ2) is 6.66. The van der Waals surface area contributed by atoms with Crippen molar-refractivity contribution in [2.45, 2.75) is 6.92 Å². The van der Waals surface area contributed by atoms with Gasteiger partial charge in [0.1, 0.15) is 11.5 Å². The van der Waals surface area contributed by atoms with E-state index in [1.807, 2.05) is 71.5 Å². The van der Waals surface area contributed by atoms with Crippen LogP contribution in [-0.2, 0) is 0 Å². The zero-order valence-corrected chi connectivity index (χ0v) is 16.0. The Morgan fingerprint density at radius 2 is 1.71 bits per heavy atom. The third-order valence-corrected chi connectivity index (χ3v) is 5.00. The number of aromatic nitrogens is 4. The van der Waals surface area contributed by atoms with Gasteiger partial charge in [0.05, 0.1) is 22.3 Å². The van der Waals surface area contributed by atoms with Crippen molar-refractivity contribution in [1.29, 1.82) is 0 Å². The monoisotopic (exact) mass is 384 g/mol. The van der Waals surface area contributed by atoms with Crippen LogP contribution in [0, 0.1) is 6.92 Å².